The molecular formula is C27H35N3O3. The van der Waals surface area contributed by atoms with Crippen LogP contribution in [0.2, 0.25) is 0 Å². The highest BCUT2D eigenvalue weighted by atomic mass is 16.5. The third kappa shape index (κ3) is 5.44. The number of hydrogen-bond donors (Lipinski definition) is 1. The van der Waals surface area contributed by atoms with Crippen molar-refractivity contribution in [3.05, 3.63) is 54.4 Å². The second kappa shape index (κ2) is 10.5. The molecule has 2 saturated heterocycles. The Labute approximate surface area is 196 Å². The Morgan fingerprint density at radius 3 is 2.61 bits per heavy atom. The Morgan fingerprint density at radius 1 is 1.15 bits per heavy atom. The second-order valence-electron chi connectivity index (χ2n) is 9.66. The summed E-state index contributed by atoms with van der Waals surface area (Å²) in [4.78, 5) is 32.7. The molecule has 2 amide bonds. The number of pyridine rings is 1. The van der Waals surface area contributed by atoms with Crippen molar-refractivity contribution in [3.63, 3.8) is 0 Å². The molecule has 1 aromatic carbocycles. The molecule has 1 aromatic heterocycles. The topological polar surface area (TPSA) is 71.5 Å². The minimum atomic E-state index is -0.549. The largest absolute Gasteiger partial charge is 0.368 e. The molecule has 0 unspecified atom stereocenters. The van der Waals surface area contributed by atoms with Crippen LogP contribution in [0.4, 0.5) is 0 Å². The Kier molecular flexibility index (Phi) is 7.43. The first kappa shape index (κ1) is 23.4. The van der Waals surface area contributed by atoms with Crippen molar-refractivity contribution in [1.29, 1.82) is 0 Å². The highest BCUT2D eigenvalue weighted by molar-refractivity contribution is 5.85. The van der Waals surface area contributed by atoms with Crippen LogP contribution in [0, 0.1) is 5.41 Å². The summed E-state index contributed by atoms with van der Waals surface area (Å²) >= 11 is 0. The van der Waals surface area contributed by atoms with Crippen molar-refractivity contribution in [2.45, 2.75) is 64.5 Å². The zero-order valence-corrected chi connectivity index (χ0v) is 19.8. The first-order valence-corrected chi connectivity index (χ1v) is 12.2. The predicted molar refractivity (Wildman–Crippen MR) is 128 cm³/mol. The lowest BCUT2D eigenvalue weighted by Gasteiger charge is -2.42. The van der Waals surface area contributed by atoms with Crippen molar-refractivity contribution < 1.29 is 14.3 Å². The van der Waals surface area contributed by atoms with Crippen LogP contribution < -0.4 is 5.32 Å². The van der Waals surface area contributed by atoms with Crippen LogP contribution in [0.25, 0.3) is 11.1 Å². The lowest BCUT2D eigenvalue weighted by molar-refractivity contribution is -0.151. The number of amides is 2. The van der Waals surface area contributed by atoms with Crippen LogP contribution >= 0.6 is 0 Å². The van der Waals surface area contributed by atoms with Gasteiger partial charge in [0.05, 0.1) is 5.41 Å². The van der Waals surface area contributed by atoms with Crippen LogP contribution in [0.1, 0.15) is 51.5 Å². The first-order valence-electron chi connectivity index (χ1n) is 12.2. The van der Waals surface area contributed by atoms with Crippen molar-refractivity contribution in [2.75, 3.05) is 19.7 Å². The number of carbonyl (C=O) groups excluding carboxylic acids is 2. The molecule has 1 atom stereocenters. The number of rotatable bonds is 6. The summed E-state index contributed by atoms with van der Waals surface area (Å²) in [5.74, 6) is 0.169. The van der Waals surface area contributed by atoms with Crippen LogP contribution in [0.5, 0.6) is 0 Å². The number of benzene rings is 1. The van der Waals surface area contributed by atoms with Crippen LogP contribution in [-0.4, -0.2) is 53.5 Å². The normalized spacial score (nSPS) is 20.5. The molecule has 176 valence electrons. The minimum absolute atomic E-state index is 0.0678. The first-order chi connectivity index (χ1) is 16.0. The molecule has 6 nitrogen and oxygen atoms in total. The van der Waals surface area contributed by atoms with Gasteiger partial charge in [-0.1, -0.05) is 30.3 Å². The maximum absolute atomic E-state index is 13.5. The number of carbonyl (C=O) groups is 2. The minimum Gasteiger partial charge on any atom is -0.368 e. The number of ether oxygens (including phenoxy) is 1. The molecule has 3 heterocycles. The molecule has 1 N–H and O–H groups in total. The molecule has 0 aliphatic carbocycles. The molecular weight excluding hydrogens is 414 g/mol. The molecule has 0 bridgehead atoms. The molecule has 2 aliphatic rings. The van der Waals surface area contributed by atoms with E-state index in [2.05, 4.69) is 28.5 Å². The van der Waals surface area contributed by atoms with E-state index in [0.29, 0.717) is 39.0 Å². The van der Waals surface area contributed by atoms with Crippen molar-refractivity contribution in [3.8, 4) is 11.1 Å². The van der Waals surface area contributed by atoms with Gasteiger partial charge in [0.15, 0.2) is 0 Å². The highest BCUT2D eigenvalue weighted by Gasteiger charge is 2.43. The Morgan fingerprint density at radius 2 is 1.94 bits per heavy atom. The lowest BCUT2D eigenvalue weighted by atomic mass is 9.71. The van der Waals surface area contributed by atoms with Crippen molar-refractivity contribution >= 4 is 11.8 Å². The fourth-order valence-electron chi connectivity index (χ4n) is 5.04. The number of hydrogen-bond acceptors (Lipinski definition) is 4. The van der Waals surface area contributed by atoms with Gasteiger partial charge in [0.1, 0.15) is 6.10 Å². The summed E-state index contributed by atoms with van der Waals surface area (Å²) in [5.41, 5.74) is 2.75. The molecule has 33 heavy (non-hydrogen) atoms. The summed E-state index contributed by atoms with van der Waals surface area (Å²) in [5, 5.41) is 3.16. The van der Waals surface area contributed by atoms with E-state index in [0.717, 1.165) is 36.0 Å². The van der Waals surface area contributed by atoms with Crippen LogP contribution in [0.3, 0.4) is 0 Å². The molecule has 0 saturated carbocycles. The number of piperidine rings is 1. The molecule has 2 fully saturated rings. The lowest BCUT2D eigenvalue weighted by Crippen LogP contribution is -2.54. The van der Waals surface area contributed by atoms with Crippen molar-refractivity contribution in [1.82, 2.24) is 15.2 Å². The van der Waals surface area contributed by atoms with Crippen LogP contribution in [-0.2, 0) is 20.7 Å². The van der Waals surface area contributed by atoms with Crippen LogP contribution in [0.15, 0.2) is 48.8 Å². The van der Waals surface area contributed by atoms with E-state index in [9.17, 15) is 9.59 Å². The molecule has 0 radical (unpaired) electrons. The number of aromatic nitrogens is 1. The number of likely N-dealkylation sites (tertiary alicyclic amines) is 1. The van der Waals surface area contributed by atoms with E-state index >= 15 is 0 Å². The summed E-state index contributed by atoms with van der Waals surface area (Å²) in [6.45, 7) is 5.82. The van der Waals surface area contributed by atoms with E-state index in [-0.39, 0.29) is 24.0 Å². The fourth-order valence-corrected chi connectivity index (χ4v) is 5.04. The van der Waals surface area contributed by atoms with Gasteiger partial charge in [-0.15, -0.1) is 0 Å². The van der Waals surface area contributed by atoms with E-state index in [1.54, 1.807) is 6.20 Å². The van der Waals surface area contributed by atoms with E-state index in [1.807, 2.05) is 43.1 Å². The summed E-state index contributed by atoms with van der Waals surface area (Å²) in [7, 11) is 0. The smallest absolute Gasteiger partial charge is 0.251 e. The van der Waals surface area contributed by atoms with Gasteiger partial charge in [-0.3, -0.25) is 14.6 Å². The molecule has 4 rings (SSSR count). The number of nitrogens with one attached hydrogen (secondary N) is 1. The SMILES string of the molecule is CC(C)NC(=O)C1(Cc2ccccc2-c2cccnc2)CCN(C(=O)[C@H]2CCCCO2)CC1. The maximum Gasteiger partial charge on any atom is 0.251 e. The average molecular weight is 450 g/mol. The summed E-state index contributed by atoms with van der Waals surface area (Å²) < 4.78 is 5.73. The van der Waals surface area contributed by atoms with Gasteiger partial charge >= 0.3 is 0 Å². The third-order valence-electron chi connectivity index (χ3n) is 6.91. The molecule has 2 aliphatic heterocycles. The molecule has 2 aromatic rings. The fraction of sp³-hybridized carbons (Fsp3) is 0.519. The van der Waals surface area contributed by atoms with Gasteiger partial charge in [0.25, 0.3) is 5.91 Å². The van der Waals surface area contributed by atoms with E-state index < -0.39 is 5.41 Å². The Bertz CT molecular complexity index is 946. The molecule has 6 heteroatoms. The zero-order valence-electron chi connectivity index (χ0n) is 19.8. The van der Waals surface area contributed by atoms with Gasteiger partial charge in [-0.25, -0.2) is 0 Å². The van der Waals surface area contributed by atoms with Crippen molar-refractivity contribution in [2.24, 2.45) is 5.41 Å². The second-order valence-corrected chi connectivity index (χ2v) is 9.66. The highest BCUT2D eigenvalue weighted by Crippen LogP contribution is 2.38. The van der Waals surface area contributed by atoms with Gasteiger partial charge in [0.2, 0.25) is 5.91 Å². The molecule has 0 spiro atoms. The van der Waals surface area contributed by atoms with E-state index in [4.69, 9.17) is 4.74 Å². The standard InChI is InChI=1S/C27H35N3O3/c1-20(2)29-26(32)27(12-15-30(16-13-27)25(31)24-11-5-6-17-33-24)18-21-8-3-4-10-23(21)22-9-7-14-28-19-22/h3-4,7-10,14,19-20,24H,5-6,11-13,15-18H2,1-2H3,(H,29,32)/t24-/m1/s1. The summed E-state index contributed by atoms with van der Waals surface area (Å²) in [6, 6.07) is 12.3. The monoisotopic (exact) mass is 449 g/mol. The van der Waals surface area contributed by atoms with Gasteiger partial charge in [0, 0.05) is 43.7 Å². The summed E-state index contributed by atoms with van der Waals surface area (Å²) in [6.07, 6.45) is 8.11. The van der Waals surface area contributed by atoms with Gasteiger partial charge in [-0.05, 0) is 69.6 Å². The predicted octanol–water partition coefficient (Wildman–Crippen LogP) is 3.99. The quantitative estimate of drug-likeness (QED) is 0.724. The average Bonchev–Trinajstić information content (AvgIpc) is 2.85. The van der Waals surface area contributed by atoms with Gasteiger partial charge < -0.3 is 15.0 Å². The third-order valence-corrected chi connectivity index (χ3v) is 6.91. The zero-order chi connectivity index (χ0) is 23.3. The van der Waals surface area contributed by atoms with Gasteiger partial charge in [-0.2, -0.15) is 0 Å². The maximum atomic E-state index is 13.5. The van der Waals surface area contributed by atoms with E-state index in [1.165, 1.54) is 0 Å². The number of nitrogens with zero attached hydrogens (tertiary/aromatic N) is 2. The Hall–Kier alpha value is -2.73. The Balaban J connectivity index is 1.56.